The Morgan fingerprint density at radius 2 is 2.36 bits per heavy atom. The van der Waals surface area contributed by atoms with Gasteiger partial charge in [0.1, 0.15) is 5.75 Å². The number of hydroxylamine groups is 1. The van der Waals surface area contributed by atoms with E-state index in [1.54, 1.807) is 12.1 Å². The van der Waals surface area contributed by atoms with Crippen LogP contribution in [0.5, 0.6) is 5.75 Å². The van der Waals surface area contributed by atoms with Crippen LogP contribution in [0, 0.1) is 3.57 Å². The maximum absolute atomic E-state index is 10.7. The van der Waals surface area contributed by atoms with Crippen molar-refractivity contribution in [3.05, 3.63) is 26.8 Å². The highest BCUT2D eigenvalue weighted by atomic mass is 127. The summed E-state index contributed by atoms with van der Waals surface area (Å²) in [6.07, 6.45) is 0. The second-order valence-corrected chi connectivity index (χ2v) is 4.05. The van der Waals surface area contributed by atoms with Crippen LogP contribution in [-0.4, -0.2) is 17.7 Å². The summed E-state index contributed by atoms with van der Waals surface area (Å²) >= 11 is 7.90. The summed E-state index contributed by atoms with van der Waals surface area (Å²) in [4.78, 5) is 10.7. The van der Waals surface area contributed by atoms with Gasteiger partial charge in [-0.05, 0) is 40.8 Å². The Kier molecular flexibility index (Phi) is 4.43. The van der Waals surface area contributed by atoms with Crippen LogP contribution in [0.2, 0.25) is 5.02 Å². The van der Waals surface area contributed by atoms with Gasteiger partial charge in [-0.2, -0.15) is 0 Å². The quantitative estimate of drug-likeness (QED) is 0.506. The third-order valence-electron chi connectivity index (χ3n) is 1.38. The van der Waals surface area contributed by atoms with Crippen molar-refractivity contribution in [2.24, 2.45) is 0 Å². The largest absolute Gasteiger partial charge is 0.482 e. The lowest BCUT2D eigenvalue weighted by Crippen LogP contribution is -2.25. The van der Waals surface area contributed by atoms with Gasteiger partial charge in [0, 0.05) is 3.57 Å². The van der Waals surface area contributed by atoms with Crippen molar-refractivity contribution < 1.29 is 14.7 Å². The van der Waals surface area contributed by atoms with Gasteiger partial charge in [0.25, 0.3) is 5.91 Å². The van der Waals surface area contributed by atoms with Crippen LogP contribution in [0.4, 0.5) is 0 Å². The number of benzene rings is 1. The lowest BCUT2D eigenvalue weighted by Gasteiger charge is -2.06. The molecule has 0 aliphatic carbocycles. The van der Waals surface area contributed by atoms with Gasteiger partial charge in [-0.15, -0.1) is 0 Å². The van der Waals surface area contributed by atoms with Crippen LogP contribution >= 0.6 is 34.2 Å². The van der Waals surface area contributed by atoms with E-state index in [2.05, 4.69) is 22.6 Å². The number of carbonyl (C=O) groups is 1. The fraction of sp³-hybridized carbons (Fsp3) is 0.125. The summed E-state index contributed by atoms with van der Waals surface area (Å²) in [5.41, 5.74) is 1.46. The molecule has 1 amide bonds. The molecule has 0 aromatic heterocycles. The fourth-order valence-corrected chi connectivity index (χ4v) is 1.40. The molecule has 0 atom stereocenters. The van der Waals surface area contributed by atoms with Gasteiger partial charge < -0.3 is 4.74 Å². The van der Waals surface area contributed by atoms with Crippen molar-refractivity contribution in [3.8, 4) is 5.75 Å². The molecule has 0 fully saturated rings. The molecule has 76 valence electrons. The van der Waals surface area contributed by atoms with Gasteiger partial charge in [0.2, 0.25) is 0 Å². The number of amides is 1. The Balaban J connectivity index is 2.66. The lowest BCUT2D eigenvalue weighted by molar-refractivity contribution is -0.131. The SMILES string of the molecule is O=C(COc1cc(I)ccc1Cl)NO. The smallest absolute Gasteiger partial charge is 0.281 e. The molecule has 0 aliphatic rings. The number of hydrogen-bond donors (Lipinski definition) is 2. The molecule has 0 aliphatic heterocycles. The van der Waals surface area contributed by atoms with Crippen molar-refractivity contribution in [2.45, 2.75) is 0 Å². The zero-order valence-electron chi connectivity index (χ0n) is 6.96. The monoisotopic (exact) mass is 327 g/mol. The molecular formula is C8H7ClINO3. The van der Waals surface area contributed by atoms with E-state index in [9.17, 15) is 4.79 Å². The van der Waals surface area contributed by atoms with E-state index in [0.29, 0.717) is 10.8 Å². The van der Waals surface area contributed by atoms with Crippen molar-refractivity contribution in [3.63, 3.8) is 0 Å². The van der Waals surface area contributed by atoms with Gasteiger partial charge in [-0.25, -0.2) is 5.48 Å². The molecule has 0 spiro atoms. The van der Waals surface area contributed by atoms with Gasteiger partial charge in [-0.3, -0.25) is 10.0 Å². The molecule has 1 rings (SSSR count). The minimum absolute atomic E-state index is 0.268. The van der Waals surface area contributed by atoms with Gasteiger partial charge >= 0.3 is 0 Å². The predicted octanol–water partition coefficient (Wildman–Crippen LogP) is 1.83. The molecule has 1 aromatic rings. The first kappa shape index (κ1) is 11.5. The van der Waals surface area contributed by atoms with E-state index >= 15 is 0 Å². The maximum Gasteiger partial charge on any atom is 0.281 e. The zero-order valence-corrected chi connectivity index (χ0v) is 9.87. The third-order valence-corrected chi connectivity index (χ3v) is 2.36. The molecule has 1 aromatic carbocycles. The summed E-state index contributed by atoms with van der Waals surface area (Å²) in [5, 5.41) is 8.65. The molecule has 6 heteroatoms. The van der Waals surface area contributed by atoms with E-state index in [-0.39, 0.29) is 6.61 Å². The van der Waals surface area contributed by atoms with Crippen LogP contribution in [0.15, 0.2) is 18.2 Å². The topological polar surface area (TPSA) is 58.6 Å². The molecule has 0 radical (unpaired) electrons. The number of carbonyl (C=O) groups excluding carboxylic acids is 1. The van der Waals surface area contributed by atoms with Crippen molar-refractivity contribution >= 4 is 40.1 Å². The first-order valence-corrected chi connectivity index (χ1v) is 5.10. The number of nitrogens with one attached hydrogen (secondary N) is 1. The van der Waals surface area contributed by atoms with Crippen LogP contribution in [-0.2, 0) is 4.79 Å². The number of halogens is 2. The summed E-state index contributed by atoms with van der Waals surface area (Å²) in [5.74, 6) is -0.206. The third kappa shape index (κ3) is 3.32. The highest BCUT2D eigenvalue weighted by Gasteiger charge is 2.05. The standard InChI is InChI=1S/C8H7ClINO3/c9-6-2-1-5(10)3-7(6)14-4-8(12)11-13/h1-3,13H,4H2,(H,11,12). The van der Waals surface area contributed by atoms with Crippen molar-refractivity contribution in [2.75, 3.05) is 6.61 Å². The Hall–Kier alpha value is -0.530. The molecule has 0 bridgehead atoms. The summed E-state index contributed by atoms with van der Waals surface area (Å²) < 4.78 is 6.01. The molecule has 14 heavy (non-hydrogen) atoms. The average Bonchev–Trinajstić information content (AvgIpc) is 2.19. The van der Waals surface area contributed by atoms with Crippen molar-refractivity contribution in [1.29, 1.82) is 0 Å². The van der Waals surface area contributed by atoms with E-state index in [4.69, 9.17) is 21.5 Å². The van der Waals surface area contributed by atoms with Gasteiger partial charge in [0.15, 0.2) is 6.61 Å². The first-order chi connectivity index (χ1) is 6.63. The molecule has 0 saturated carbocycles. The summed E-state index contributed by atoms with van der Waals surface area (Å²) in [6, 6.07) is 5.20. The van der Waals surface area contributed by atoms with E-state index in [1.807, 2.05) is 6.07 Å². The molecule has 0 saturated heterocycles. The lowest BCUT2D eigenvalue weighted by atomic mass is 10.3. The van der Waals surface area contributed by atoms with Gasteiger partial charge in [-0.1, -0.05) is 11.6 Å². The number of hydrogen-bond acceptors (Lipinski definition) is 3. The molecule has 2 N–H and O–H groups in total. The Morgan fingerprint density at radius 1 is 1.64 bits per heavy atom. The van der Waals surface area contributed by atoms with Crippen molar-refractivity contribution in [1.82, 2.24) is 5.48 Å². The summed E-state index contributed by atoms with van der Waals surface area (Å²) in [7, 11) is 0. The Morgan fingerprint density at radius 3 is 3.00 bits per heavy atom. The highest BCUT2D eigenvalue weighted by molar-refractivity contribution is 14.1. The van der Waals surface area contributed by atoms with Crippen LogP contribution in [0.3, 0.4) is 0 Å². The van der Waals surface area contributed by atoms with E-state index < -0.39 is 5.91 Å². The second-order valence-electron chi connectivity index (χ2n) is 2.40. The first-order valence-electron chi connectivity index (χ1n) is 3.64. The minimum Gasteiger partial charge on any atom is -0.482 e. The summed E-state index contributed by atoms with van der Waals surface area (Å²) in [6.45, 7) is -0.268. The Labute approximate surface area is 99.3 Å². The second kappa shape index (κ2) is 5.38. The fourth-order valence-electron chi connectivity index (χ4n) is 0.763. The molecule has 0 unspecified atom stereocenters. The van der Waals surface area contributed by atoms with Crippen LogP contribution < -0.4 is 10.2 Å². The normalized spacial score (nSPS) is 9.64. The molecule has 4 nitrogen and oxygen atoms in total. The average molecular weight is 328 g/mol. The predicted molar refractivity (Wildman–Crippen MR) is 59.6 cm³/mol. The highest BCUT2D eigenvalue weighted by Crippen LogP contribution is 2.25. The van der Waals surface area contributed by atoms with E-state index in [1.165, 1.54) is 5.48 Å². The Bertz CT molecular complexity index is 345. The maximum atomic E-state index is 10.7. The molecular weight excluding hydrogens is 320 g/mol. The van der Waals surface area contributed by atoms with Crippen LogP contribution in [0.25, 0.3) is 0 Å². The van der Waals surface area contributed by atoms with Crippen LogP contribution in [0.1, 0.15) is 0 Å². The number of rotatable bonds is 3. The zero-order chi connectivity index (χ0) is 10.6. The molecule has 0 heterocycles. The number of ether oxygens (including phenoxy) is 1. The van der Waals surface area contributed by atoms with Gasteiger partial charge in [0.05, 0.1) is 5.02 Å². The minimum atomic E-state index is -0.625. The van der Waals surface area contributed by atoms with E-state index in [0.717, 1.165) is 3.57 Å².